The van der Waals surface area contributed by atoms with Gasteiger partial charge in [-0.3, -0.25) is 9.59 Å². The van der Waals surface area contributed by atoms with Crippen molar-refractivity contribution < 1.29 is 14.0 Å². The molecule has 0 fully saturated rings. The van der Waals surface area contributed by atoms with Gasteiger partial charge in [-0.1, -0.05) is 22.9 Å². The van der Waals surface area contributed by atoms with Crippen LogP contribution in [0.1, 0.15) is 39.0 Å². The summed E-state index contributed by atoms with van der Waals surface area (Å²) in [6.07, 6.45) is 3.71. The van der Waals surface area contributed by atoms with Gasteiger partial charge in [0.15, 0.2) is 0 Å². The molecule has 6 heteroatoms. The molecule has 0 saturated heterocycles. The molecule has 0 bridgehead atoms. The summed E-state index contributed by atoms with van der Waals surface area (Å²) in [7, 11) is 0. The van der Waals surface area contributed by atoms with Crippen LogP contribution in [0.15, 0.2) is 33.8 Å². The third-order valence-electron chi connectivity index (χ3n) is 3.73. The fourth-order valence-electron chi connectivity index (χ4n) is 2.54. The van der Waals surface area contributed by atoms with Crippen LogP contribution in [0.4, 0.5) is 10.1 Å². The van der Waals surface area contributed by atoms with Gasteiger partial charge in [0.05, 0.1) is 5.69 Å². The summed E-state index contributed by atoms with van der Waals surface area (Å²) in [6.45, 7) is 2.55. The molecule has 0 radical (unpaired) electrons. The third kappa shape index (κ3) is 4.64. The molecule has 2 rings (SSSR count). The molecule has 0 heterocycles. The molecule has 1 aliphatic rings. The Balaban J connectivity index is 2.19. The molecular weight excluding hydrogens is 363 g/mol. The fraction of sp³-hybridized carbons (Fsp3) is 0.412. The van der Waals surface area contributed by atoms with Gasteiger partial charge in [0.1, 0.15) is 5.82 Å². The van der Waals surface area contributed by atoms with Gasteiger partial charge in [0.25, 0.3) is 5.91 Å². The van der Waals surface area contributed by atoms with E-state index in [4.69, 9.17) is 0 Å². The van der Waals surface area contributed by atoms with Crippen molar-refractivity contribution in [1.82, 2.24) is 5.32 Å². The van der Waals surface area contributed by atoms with Crippen molar-refractivity contribution in [2.24, 2.45) is 0 Å². The molecule has 1 aromatic carbocycles. The van der Waals surface area contributed by atoms with E-state index in [1.807, 2.05) is 6.92 Å². The quantitative estimate of drug-likeness (QED) is 0.810. The highest BCUT2D eigenvalue weighted by Gasteiger charge is 2.24. The molecule has 1 aliphatic carbocycles. The van der Waals surface area contributed by atoms with E-state index in [0.717, 1.165) is 19.3 Å². The summed E-state index contributed by atoms with van der Waals surface area (Å²) < 4.78 is 14.5. The van der Waals surface area contributed by atoms with E-state index in [9.17, 15) is 14.0 Å². The highest BCUT2D eigenvalue weighted by Crippen LogP contribution is 2.27. The molecule has 124 valence electrons. The van der Waals surface area contributed by atoms with Gasteiger partial charge in [0.2, 0.25) is 5.91 Å². The highest BCUT2D eigenvalue weighted by molar-refractivity contribution is 9.10. The maximum atomic E-state index is 13.9. The zero-order chi connectivity index (χ0) is 16.8. The van der Waals surface area contributed by atoms with Gasteiger partial charge in [-0.15, -0.1) is 0 Å². The van der Waals surface area contributed by atoms with Crippen LogP contribution >= 0.6 is 15.9 Å². The SMILES string of the molecule is CCCNC(=O)C1=C(C(=O)Nc2ccc(Br)cc2F)CCCC1. The number of amides is 2. The van der Waals surface area contributed by atoms with E-state index in [2.05, 4.69) is 26.6 Å². The lowest BCUT2D eigenvalue weighted by Crippen LogP contribution is -2.30. The molecule has 2 N–H and O–H groups in total. The molecule has 0 aromatic heterocycles. The average molecular weight is 383 g/mol. The van der Waals surface area contributed by atoms with Crippen molar-refractivity contribution in [2.45, 2.75) is 39.0 Å². The number of benzene rings is 1. The van der Waals surface area contributed by atoms with Crippen LogP contribution < -0.4 is 10.6 Å². The van der Waals surface area contributed by atoms with E-state index in [0.29, 0.717) is 35.0 Å². The number of anilines is 1. The molecular formula is C17H20BrFN2O2. The van der Waals surface area contributed by atoms with Crippen molar-refractivity contribution in [1.29, 1.82) is 0 Å². The standard InChI is InChI=1S/C17H20BrFN2O2/c1-2-9-20-16(22)12-5-3-4-6-13(12)17(23)21-15-8-7-11(18)10-14(15)19/h7-8,10H,2-6,9H2,1H3,(H,20,22)(H,21,23). The second-order valence-corrected chi connectivity index (χ2v) is 6.41. The number of nitrogens with one attached hydrogen (secondary N) is 2. The van der Waals surface area contributed by atoms with Crippen molar-refractivity contribution in [3.8, 4) is 0 Å². The smallest absolute Gasteiger partial charge is 0.252 e. The number of halogens is 2. The number of carbonyl (C=O) groups excluding carboxylic acids is 2. The molecule has 23 heavy (non-hydrogen) atoms. The van der Waals surface area contributed by atoms with Gasteiger partial charge in [-0.2, -0.15) is 0 Å². The first-order valence-corrected chi connectivity index (χ1v) is 8.59. The maximum Gasteiger partial charge on any atom is 0.252 e. The Hall–Kier alpha value is -1.69. The normalized spacial score (nSPS) is 14.6. The molecule has 0 unspecified atom stereocenters. The summed E-state index contributed by atoms with van der Waals surface area (Å²) in [5.41, 5.74) is 1.11. The molecule has 0 aliphatic heterocycles. The first-order valence-electron chi connectivity index (χ1n) is 7.79. The van der Waals surface area contributed by atoms with Crippen LogP contribution in [0.2, 0.25) is 0 Å². The number of rotatable bonds is 5. The van der Waals surface area contributed by atoms with E-state index in [-0.39, 0.29) is 11.6 Å². The van der Waals surface area contributed by atoms with Crippen LogP contribution in [0.5, 0.6) is 0 Å². The van der Waals surface area contributed by atoms with E-state index < -0.39 is 11.7 Å². The monoisotopic (exact) mass is 382 g/mol. The lowest BCUT2D eigenvalue weighted by Gasteiger charge is -2.19. The zero-order valence-corrected chi connectivity index (χ0v) is 14.6. The van der Waals surface area contributed by atoms with E-state index in [1.165, 1.54) is 12.1 Å². The summed E-state index contributed by atoms with van der Waals surface area (Å²) in [6, 6.07) is 4.44. The summed E-state index contributed by atoms with van der Waals surface area (Å²) in [5, 5.41) is 5.39. The minimum Gasteiger partial charge on any atom is -0.352 e. The Kier molecular flexibility index (Phi) is 6.33. The predicted molar refractivity (Wildman–Crippen MR) is 91.5 cm³/mol. The van der Waals surface area contributed by atoms with Crippen LogP contribution in [0.25, 0.3) is 0 Å². The van der Waals surface area contributed by atoms with Crippen LogP contribution in [-0.4, -0.2) is 18.4 Å². The second kappa shape index (κ2) is 8.24. The Morgan fingerprint density at radius 2 is 1.83 bits per heavy atom. The lowest BCUT2D eigenvalue weighted by atomic mass is 9.90. The Bertz CT molecular complexity index is 643. The van der Waals surface area contributed by atoms with Crippen LogP contribution in [0, 0.1) is 5.82 Å². The van der Waals surface area contributed by atoms with Gasteiger partial charge in [-0.05, 0) is 50.3 Å². The number of hydrogen-bond acceptors (Lipinski definition) is 2. The fourth-order valence-corrected chi connectivity index (χ4v) is 2.87. The minimum atomic E-state index is -0.513. The first kappa shape index (κ1) is 17.7. The van der Waals surface area contributed by atoms with E-state index >= 15 is 0 Å². The molecule has 1 aromatic rings. The number of hydrogen-bond donors (Lipinski definition) is 2. The number of carbonyl (C=O) groups is 2. The highest BCUT2D eigenvalue weighted by atomic mass is 79.9. The molecule has 2 amide bonds. The average Bonchev–Trinajstić information content (AvgIpc) is 2.55. The third-order valence-corrected chi connectivity index (χ3v) is 4.22. The van der Waals surface area contributed by atoms with Crippen molar-refractivity contribution in [3.05, 3.63) is 39.6 Å². The van der Waals surface area contributed by atoms with Crippen molar-refractivity contribution >= 4 is 33.4 Å². The molecule has 0 spiro atoms. The summed E-state index contributed by atoms with van der Waals surface area (Å²) in [5.74, 6) is -1.10. The summed E-state index contributed by atoms with van der Waals surface area (Å²) >= 11 is 3.18. The molecule has 0 atom stereocenters. The van der Waals surface area contributed by atoms with Gasteiger partial charge < -0.3 is 10.6 Å². The van der Waals surface area contributed by atoms with Crippen molar-refractivity contribution in [2.75, 3.05) is 11.9 Å². The minimum absolute atomic E-state index is 0.115. The first-order chi connectivity index (χ1) is 11.0. The maximum absolute atomic E-state index is 13.9. The van der Waals surface area contributed by atoms with Crippen LogP contribution in [-0.2, 0) is 9.59 Å². The van der Waals surface area contributed by atoms with Gasteiger partial charge >= 0.3 is 0 Å². The Labute approximate surface area is 143 Å². The Morgan fingerprint density at radius 3 is 2.43 bits per heavy atom. The molecule has 4 nitrogen and oxygen atoms in total. The zero-order valence-electron chi connectivity index (χ0n) is 13.0. The molecule has 0 saturated carbocycles. The second-order valence-electron chi connectivity index (χ2n) is 5.50. The Morgan fingerprint density at radius 1 is 1.17 bits per heavy atom. The van der Waals surface area contributed by atoms with E-state index in [1.54, 1.807) is 6.07 Å². The van der Waals surface area contributed by atoms with Gasteiger partial charge in [0, 0.05) is 22.2 Å². The topological polar surface area (TPSA) is 58.2 Å². The lowest BCUT2D eigenvalue weighted by molar-refractivity contribution is -0.119. The van der Waals surface area contributed by atoms with Crippen LogP contribution in [0.3, 0.4) is 0 Å². The van der Waals surface area contributed by atoms with Gasteiger partial charge in [-0.25, -0.2) is 4.39 Å². The largest absolute Gasteiger partial charge is 0.352 e. The van der Waals surface area contributed by atoms with Crippen molar-refractivity contribution in [3.63, 3.8) is 0 Å². The predicted octanol–water partition coefficient (Wildman–Crippen LogP) is 3.92. The summed E-state index contributed by atoms with van der Waals surface area (Å²) in [4.78, 5) is 24.7.